The number of carbonyl (C=O) groups is 1. The SMILES string of the molecule is O=C(NCCCN1CCN(Cc2ccccc2)CC1)c1cc2ccccn2n1. The molecule has 3 heterocycles. The van der Waals surface area contributed by atoms with Crippen LogP contribution in [0.2, 0.25) is 0 Å². The molecule has 1 aromatic carbocycles. The number of piperazine rings is 1. The highest BCUT2D eigenvalue weighted by Gasteiger charge is 2.16. The maximum Gasteiger partial charge on any atom is 0.271 e. The Hall–Kier alpha value is -2.70. The summed E-state index contributed by atoms with van der Waals surface area (Å²) in [7, 11) is 0. The molecular formula is C22H27N5O. The second kappa shape index (κ2) is 8.99. The number of hydrogen-bond acceptors (Lipinski definition) is 4. The number of rotatable bonds is 7. The van der Waals surface area contributed by atoms with Crippen molar-refractivity contribution in [1.82, 2.24) is 24.7 Å². The largest absolute Gasteiger partial charge is 0.351 e. The standard InChI is InChI=1S/C22H27N5O/c28-22(21-17-20-9-4-5-12-27(20)24-21)23-10-6-11-25-13-15-26(16-14-25)18-19-7-2-1-3-8-19/h1-5,7-9,12,17H,6,10-11,13-16,18H2,(H,23,28). The third-order valence-electron chi connectivity index (χ3n) is 5.25. The summed E-state index contributed by atoms with van der Waals surface area (Å²) in [6.07, 6.45) is 2.81. The van der Waals surface area contributed by atoms with Crippen LogP contribution in [0.3, 0.4) is 0 Å². The number of nitrogens with zero attached hydrogens (tertiary/aromatic N) is 4. The molecule has 1 saturated heterocycles. The van der Waals surface area contributed by atoms with Gasteiger partial charge in [0, 0.05) is 45.5 Å². The molecule has 0 radical (unpaired) electrons. The van der Waals surface area contributed by atoms with E-state index in [-0.39, 0.29) is 5.91 Å². The van der Waals surface area contributed by atoms with Crippen LogP contribution in [0.1, 0.15) is 22.5 Å². The maximum atomic E-state index is 12.3. The van der Waals surface area contributed by atoms with Gasteiger partial charge in [0.2, 0.25) is 0 Å². The van der Waals surface area contributed by atoms with Gasteiger partial charge in [-0.25, -0.2) is 4.52 Å². The van der Waals surface area contributed by atoms with Crippen molar-refractivity contribution < 1.29 is 4.79 Å². The monoisotopic (exact) mass is 377 g/mol. The number of amides is 1. The summed E-state index contributed by atoms with van der Waals surface area (Å²) in [5, 5.41) is 7.30. The van der Waals surface area contributed by atoms with Crippen molar-refractivity contribution in [3.63, 3.8) is 0 Å². The summed E-state index contributed by atoms with van der Waals surface area (Å²) in [4.78, 5) is 17.3. The molecule has 1 fully saturated rings. The first-order chi connectivity index (χ1) is 13.8. The number of aromatic nitrogens is 2. The molecule has 1 aliphatic heterocycles. The van der Waals surface area contributed by atoms with Gasteiger partial charge in [-0.15, -0.1) is 0 Å². The van der Waals surface area contributed by atoms with E-state index in [0.717, 1.165) is 51.2 Å². The van der Waals surface area contributed by atoms with Crippen molar-refractivity contribution in [2.45, 2.75) is 13.0 Å². The van der Waals surface area contributed by atoms with E-state index in [2.05, 4.69) is 50.5 Å². The van der Waals surface area contributed by atoms with Crippen molar-refractivity contribution in [3.8, 4) is 0 Å². The molecule has 0 aliphatic carbocycles. The molecule has 6 heteroatoms. The van der Waals surface area contributed by atoms with E-state index < -0.39 is 0 Å². The topological polar surface area (TPSA) is 52.9 Å². The van der Waals surface area contributed by atoms with Gasteiger partial charge in [0.1, 0.15) is 0 Å². The van der Waals surface area contributed by atoms with Gasteiger partial charge in [0.15, 0.2) is 5.69 Å². The number of nitrogens with one attached hydrogen (secondary N) is 1. The normalized spacial score (nSPS) is 15.7. The third-order valence-corrected chi connectivity index (χ3v) is 5.25. The molecule has 146 valence electrons. The van der Waals surface area contributed by atoms with E-state index in [1.807, 2.05) is 30.5 Å². The first-order valence-corrected chi connectivity index (χ1v) is 9.99. The summed E-state index contributed by atoms with van der Waals surface area (Å²) >= 11 is 0. The minimum Gasteiger partial charge on any atom is -0.351 e. The zero-order valence-corrected chi connectivity index (χ0v) is 16.1. The van der Waals surface area contributed by atoms with Crippen molar-refractivity contribution >= 4 is 11.4 Å². The van der Waals surface area contributed by atoms with Crippen LogP contribution in [0.15, 0.2) is 60.8 Å². The van der Waals surface area contributed by atoms with Crippen LogP contribution in [0.25, 0.3) is 5.52 Å². The Bertz CT molecular complexity index is 866. The molecule has 4 rings (SSSR count). The number of hydrogen-bond donors (Lipinski definition) is 1. The van der Waals surface area contributed by atoms with E-state index in [1.54, 1.807) is 4.52 Å². The van der Waals surface area contributed by atoms with Gasteiger partial charge < -0.3 is 10.2 Å². The average molecular weight is 377 g/mol. The third kappa shape index (κ3) is 4.77. The molecule has 1 aliphatic rings. The van der Waals surface area contributed by atoms with Gasteiger partial charge in [-0.1, -0.05) is 36.4 Å². The Morgan fingerprint density at radius 1 is 0.964 bits per heavy atom. The number of carbonyl (C=O) groups excluding carboxylic acids is 1. The Morgan fingerprint density at radius 3 is 2.50 bits per heavy atom. The van der Waals surface area contributed by atoms with E-state index in [1.165, 1.54) is 5.56 Å². The molecule has 6 nitrogen and oxygen atoms in total. The molecule has 0 bridgehead atoms. The number of benzene rings is 1. The van der Waals surface area contributed by atoms with Crippen LogP contribution in [0, 0.1) is 0 Å². The molecule has 3 aromatic rings. The quantitative estimate of drug-likeness (QED) is 0.642. The predicted molar refractivity (Wildman–Crippen MR) is 110 cm³/mol. The summed E-state index contributed by atoms with van der Waals surface area (Å²) in [5.41, 5.74) is 2.78. The van der Waals surface area contributed by atoms with Crippen LogP contribution in [0.4, 0.5) is 0 Å². The van der Waals surface area contributed by atoms with Crippen LogP contribution in [-0.2, 0) is 6.54 Å². The van der Waals surface area contributed by atoms with Gasteiger partial charge in [-0.05, 0) is 36.7 Å². The molecule has 1 N–H and O–H groups in total. The summed E-state index contributed by atoms with van der Waals surface area (Å²) in [6.45, 7) is 7.11. The van der Waals surface area contributed by atoms with E-state index >= 15 is 0 Å². The lowest BCUT2D eigenvalue weighted by atomic mass is 10.2. The molecule has 2 aromatic heterocycles. The first kappa shape index (κ1) is 18.7. The van der Waals surface area contributed by atoms with E-state index in [4.69, 9.17) is 0 Å². The highest BCUT2D eigenvalue weighted by molar-refractivity contribution is 5.93. The van der Waals surface area contributed by atoms with Crippen LogP contribution in [-0.4, -0.2) is 64.6 Å². The van der Waals surface area contributed by atoms with Crippen LogP contribution < -0.4 is 5.32 Å². The Balaban J connectivity index is 1.14. The fourth-order valence-corrected chi connectivity index (χ4v) is 3.66. The van der Waals surface area contributed by atoms with Gasteiger partial charge >= 0.3 is 0 Å². The summed E-state index contributed by atoms with van der Waals surface area (Å²) in [6, 6.07) is 18.3. The van der Waals surface area contributed by atoms with Gasteiger partial charge in [0.05, 0.1) is 5.52 Å². The van der Waals surface area contributed by atoms with E-state index in [9.17, 15) is 4.79 Å². The zero-order chi connectivity index (χ0) is 19.2. The van der Waals surface area contributed by atoms with Gasteiger partial charge in [-0.2, -0.15) is 5.10 Å². The van der Waals surface area contributed by atoms with Gasteiger partial charge in [0.25, 0.3) is 5.91 Å². The molecular weight excluding hydrogens is 350 g/mol. The number of fused-ring (bicyclic) bond motifs is 1. The van der Waals surface area contributed by atoms with Crippen LogP contribution >= 0.6 is 0 Å². The van der Waals surface area contributed by atoms with Crippen LogP contribution in [0.5, 0.6) is 0 Å². The lowest BCUT2D eigenvalue weighted by Crippen LogP contribution is -2.46. The fourth-order valence-electron chi connectivity index (χ4n) is 3.66. The molecule has 28 heavy (non-hydrogen) atoms. The molecule has 0 unspecified atom stereocenters. The highest BCUT2D eigenvalue weighted by atomic mass is 16.1. The van der Waals surface area contributed by atoms with Crippen molar-refractivity contribution in [2.75, 3.05) is 39.3 Å². The second-order valence-corrected chi connectivity index (χ2v) is 7.31. The fraction of sp³-hybridized carbons (Fsp3) is 0.364. The minimum absolute atomic E-state index is 0.101. The van der Waals surface area contributed by atoms with Crippen molar-refractivity contribution in [3.05, 3.63) is 72.1 Å². The summed E-state index contributed by atoms with van der Waals surface area (Å²) < 4.78 is 1.73. The molecule has 0 atom stereocenters. The van der Waals surface area contributed by atoms with Crippen molar-refractivity contribution in [1.29, 1.82) is 0 Å². The molecule has 0 saturated carbocycles. The zero-order valence-electron chi connectivity index (χ0n) is 16.1. The maximum absolute atomic E-state index is 12.3. The molecule has 1 amide bonds. The Kier molecular flexibility index (Phi) is 5.99. The first-order valence-electron chi connectivity index (χ1n) is 9.99. The second-order valence-electron chi connectivity index (χ2n) is 7.31. The lowest BCUT2D eigenvalue weighted by molar-refractivity contribution is 0.0942. The Labute approximate surface area is 165 Å². The lowest BCUT2D eigenvalue weighted by Gasteiger charge is -2.34. The number of pyridine rings is 1. The van der Waals surface area contributed by atoms with Crippen molar-refractivity contribution in [2.24, 2.45) is 0 Å². The van der Waals surface area contributed by atoms with E-state index in [0.29, 0.717) is 12.2 Å². The Morgan fingerprint density at radius 2 is 1.71 bits per heavy atom. The minimum atomic E-state index is -0.101. The molecule has 0 spiro atoms. The van der Waals surface area contributed by atoms with Gasteiger partial charge in [-0.3, -0.25) is 9.69 Å². The highest BCUT2D eigenvalue weighted by Crippen LogP contribution is 2.09. The predicted octanol–water partition coefficient (Wildman–Crippen LogP) is 2.27. The smallest absolute Gasteiger partial charge is 0.271 e. The summed E-state index contributed by atoms with van der Waals surface area (Å²) in [5.74, 6) is -0.101. The average Bonchev–Trinajstić information content (AvgIpc) is 3.17.